The van der Waals surface area contributed by atoms with E-state index in [-0.39, 0.29) is 0 Å². The van der Waals surface area contributed by atoms with Gasteiger partial charge in [0.1, 0.15) is 5.82 Å². The summed E-state index contributed by atoms with van der Waals surface area (Å²) in [5.74, 6) is 1.42. The SMILES string of the molecule is CCNc1nccc(Nc2cccc3ccccc23)n1. The zero-order valence-corrected chi connectivity index (χ0v) is 11.3. The average Bonchev–Trinajstić information content (AvgIpc) is 2.48. The molecule has 3 rings (SSSR count). The molecule has 4 nitrogen and oxygen atoms in total. The summed E-state index contributed by atoms with van der Waals surface area (Å²) >= 11 is 0. The van der Waals surface area contributed by atoms with Gasteiger partial charge in [-0.05, 0) is 24.4 Å². The standard InChI is InChI=1S/C16H16N4/c1-2-17-16-18-11-10-15(20-16)19-14-9-5-7-12-6-3-4-8-13(12)14/h3-11H,2H2,1H3,(H2,17,18,19,20). The maximum Gasteiger partial charge on any atom is 0.224 e. The molecular formula is C16H16N4. The molecule has 20 heavy (non-hydrogen) atoms. The topological polar surface area (TPSA) is 49.8 Å². The summed E-state index contributed by atoms with van der Waals surface area (Å²) in [5.41, 5.74) is 1.05. The van der Waals surface area contributed by atoms with Crippen LogP contribution in [0.4, 0.5) is 17.5 Å². The normalized spacial score (nSPS) is 10.4. The summed E-state index contributed by atoms with van der Waals surface area (Å²) in [6.45, 7) is 2.83. The Bertz CT molecular complexity index is 719. The highest BCUT2D eigenvalue weighted by Crippen LogP contribution is 2.25. The van der Waals surface area contributed by atoms with Gasteiger partial charge in [-0.25, -0.2) is 4.98 Å². The van der Waals surface area contributed by atoms with Crippen molar-refractivity contribution >= 4 is 28.2 Å². The van der Waals surface area contributed by atoms with Crippen molar-refractivity contribution < 1.29 is 0 Å². The van der Waals surface area contributed by atoms with Crippen LogP contribution in [0.15, 0.2) is 54.7 Å². The summed E-state index contributed by atoms with van der Waals surface area (Å²) in [5, 5.41) is 8.85. The highest BCUT2D eigenvalue weighted by Gasteiger charge is 2.02. The van der Waals surface area contributed by atoms with Crippen LogP contribution >= 0.6 is 0 Å². The van der Waals surface area contributed by atoms with Gasteiger partial charge in [-0.3, -0.25) is 0 Å². The number of hydrogen-bond acceptors (Lipinski definition) is 4. The van der Waals surface area contributed by atoms with E-state index in [9.17, 15) is 0 Å². The van der Waals surface area contributed by atoms with Crippen LogP contribution in [0.2, 0.25) is 0 Å². The largest absolute Gasteiger partial charge is 0.354 e. The van der Waals surface area contributed by atoms with Crippen LogP contribution in [0.5, 0.6) is 0 Å². The van der Waals surface area contributed by atoms with E-state index in [2.05, 4.69) is 44.9 Å². The van der Waals surface area contributed by atoms with Crippen molar-refractivity contribution in [1.82, 2.24) is 9.97 Å². The quantitative estimate of drug-likeness (QED) is 0.752. The number of nitrogens with one attached hydrogen (secondary N) is 2. The van der Waals surface area contributed by atoms with Gasteiger partial charge in [-0.2, -0.15) is 4.98 Å². The molecule has 0 fully saturated rings. The zero-order chi connectivity index (χ0) is 13.8. The van der Waals surface area contributed by atoms with Gasteiger partial charge in [0.15, 0.2) is 0 Å². The molecule has 0 saturated heterocycles. The first-order chi connectivity index (χ1) is 9.86. The first-order valence-corrected chi connectivity index (χ1v) is 6.68. The second-order valence-corrected chi connectivity index (χ2v) is 4.45. The molecule has 0 amide bonds. The Morgan fingerprint density at radius 3 is 2.75 bits per heavy atom. The first kappa shape index (κ1) is 12.4. The molecular weight excluding hydrogens is 248 g/mol. The Morgan fingerprint density at radius 1 is 1.00 bits per heavy atom. The van der Waals surface area contributed by atoms with Crippen LogP contribution in [0.25, 0.3) is 10.8 Å². The molecule has 0 bridgehead atoms. The molecule has 2 N–H and O–H groups in total. The maximum absolute atomic E-state index is 4.43. The third-order valence-corrected chi connectivity index (χ3v) is 3.04. The third-order valence-electron chi connectivity index (χ3n) is 3.04. The van der Waals surface area contributed by atoms with Gasteiger partial charge < -0.3 is 10.6 Å². The highest BCUT2D eigenvalue weighted by atomic mass is 15.1. The van der Waals surface area contributed by atoms with Gasteiger partial charge in [-0.1, -0.05) is 36.4 Å². The molecule has 0 aliphatic heterocycles. The lowest BCUT2D eigenvalue weighted by Gasteiger charge is -2.10. The van der Waals surface area contributed by atoms with E-state index >= 15 is 0 Å². The van der Waals surface area contributed by atoms with Crippen molar-refractivity contribution in [1.29, 1.82) is 0 Å². The van der Waals surface area contributed by atoms with Crippen LogP contribution in [0.1, 0.15) is 6.92 Å². The fourth-order valence-electron chi connectivity index (χ4n) is 2.14. The summed E-state index contributed by atoms with van der Waals surface area (Å²) < 4.78 is 0. The van der Waals surface area contributed by atoms with Gasteiger partial charge in [0.2, 0.25) is 5.95 Å². The molecule has 4 heteroatoms. The summed E-state index contributed by atoms with van der Waals surface area (Å²) in [7, 11) is 0. The Labute approximate surface area is 117 Å². The lowest BCUT2D eigenvalue weighted by molar-refractivity contribution is 1.09. The Balaban J connectivity index is 1.95. The molecule has 1 aromatic heterocycles. The summed E-state index contributed by atoms with van der Waals surface area (Å²) in [4.78, 5) is 8.60. The first-order valence-electron chi connectivity index (χ1n) is 6.68. The second-order valence-electron chi connectivity index (χ2n) is 4.45. The van der Waals surface area contributed by atoms with Crippen LogP contribution in [0, 0.1) is 0 Å². The zero-order valence-electron chi connectivity index (χ0n) is 11.3. The van der Waals surface area contributed by atoms with Crippen molar-refractivity contribution in [3.63, 3.8) is 0 Å². The number of hydrogen-bond donors (Lipinski definition) is 2. The number of benzene rings is 2. The van der Waals surface area contributed by atoms with Gasteiger partial charge in [0.25, 0.3) is 0 Å². The minimum Gasteiger partial charge on any atom is -0.354 e. The predicted octanol–water partition coefficient (Wildman–Crippen LogP) is 3.81. The number of rotatable bonds is 4. The monoisotopic (exact) mass is 264 g/mol. The van der Waals surface area contributed by atoms with Crippen molar-refractivity contribution in [2.24, 2.45) is 0 Å². The van der Waals surface area contributed by atoms with E-state index < -0.39 is 0 Å². The van der Waals surface area contributed by atoms with E-state index in [0.717, 1.165) is 18.1 Å². The van der Waals surface area contributed by atoms with Crippen LogP contribution in [-0.2, 0) is 0 Å². The van der Waals surface area contributed by atoms with Gasteiger partial charge in [0.05, 0.1) is 0 Å². The van der Waals surface area contributed by atoms with E-state index in [1.165, 1.54) is 10.8 Å². The van der Waals surface area contributed by atoms with Crippen molar-refractivity contribution in [3.05, 3.63) is 54.7 Å². The van der Waals surface area contributed by atoms with Gasteiger partial charge in [-0.15, -0.1) is 0 Å². The average molecular weight is 264 g/mol. The van der Waals surface area contributed by atoms with Crippen molar-refractivity contribution in [3.8, 4) is 0 Å². The van der Waals surface area contributed by atoms with Gasteiger partial charge >= 0.3 is 0 Å². The molecule has 0 spiro atoms. The number of fused-ring (bicyclic) bond motifs is 1. The Hall–Kier alpha value is -2.62. The smallest absolute Gasteiger partial charge is 0.224 e. The molecule has 0 aliphatic carbocycles. The molecule has 3 aromatic rings. The minimum absolute atomic E-state index is 0.637. The lowest BCUT2D eigenvalue weighted by Crippen LogP contribution is -2.03. The molecule has 0 atom stereocenters. The minimum atomic E-state index is 0.637. The van der Waals surface area contributed by atoms with Crippen molar-refractivity contribution in [2.75, 3.05) is 17.2 Å². The summed E-state index contributed by atoms with van der Waals surface area (Å²) in [6, 6.07) is 16.3. The Morgan fingerprint density at radius 2 is 1.85 bits per heavy atom. The second kappa shape index (κ2) is 5.57. The van der Waals surface area contributed by atoms with Crippen molar-refractivity contribution in [2.45, 2.75) is 6.92 Å². The number of anilines is 3. The highest BCUT2D eigenvalue weighted by molar-refractivity contribution is 5.95. The summed E-state index contributed by atoms with van der Waals surface area (Å²) in [6.07, 6.45) is 1.75. The number of nitrogens with zero attached hydrogens (tertiary/aromatic N) is 2. The van der Waals surface area contributed by atoms with Gasteiger partial charge in [0, 0.05) is 23.8 Å². The third kappa shape index (κ3) is 2.54. The molecule has 2 aromatic carbocycles. The predicted molar refractivity (Wildman–Crippen MR) is 83.4 cm³/mol. The van der Waals surface area contributed by atoms with Crippen LogP contribution in [-0.4, -0.2) is 16.5 Å². The fraction of sp³-hybridized carbons (Fsp3) is 0.125. The maximum atomic E-state index is 4.43. The molecule has 0 aliphatic rings. The van der Waals surface area contributed by atoms with E-state index in [1.807, 2.05) is 31.2 Å². The number of aromatic nitrogens is 2. The van der Waals surface area contributed by atoms with Crippen LogP contribution in [0.3, 0.4) is 0 Å². The fourth-order valence-corrected chi connectivity index (χ4v) is 2.14. The van der Waals surface area contributed by atoms with Crippen LogP contribution < -0.4 is 10.6 Å². The molecule has 0 saturated carbocycles. The van der Waals surface area contributed by atoms with E-state index in [0.29, 0.717) is 5.95 Å². The van der Waals surface area contributed by atoms with E-state index in [4.69, 9.17) is 0 Å². The lowest BCUT2D eigenvalue weighted by atomic mass is 10.1. The molecule has 1 heterocycles. The molecule has 0 radical (unpaired) electrons. The Kier molecular flexibility index (Phi) is 3.46. The molecule has 0 unspecified atom stereocenters. The van der Waals surface area contributed by atoms with E-state index in [1.54, 1.807) is 6.20 Å². The molecule has 100 valence electrons.